The quantitative estimate of drug-likeness (QED) is 0.892. The largest absolute Gasteiger partial charge is 0.347 e. The fourth-order valence-electron chi connectivity index (χ4n) is 2.15. The van der Waals surface area contributed by atoms with Crippen molar-refractivity contribution < 1.29 is 14.1 Å². The summed E-state index contributed by atoms with van der Waals surface area (Å²) in [4.78, 5) is 31.4. The molecule has 7 nitrogen and oxygen atoms in total. The summed E-state index contributed by atoms with van der Waals surface area (Å²) >= 11 is 6.02. The van der Waals surface area contributed by atoms with Crippen LogP contribution in [0.4, 0.5) is 0 Å². The van der Waals surface area contributed by atoms with Crippen LogP contribution in [0.5, 0.6) is 0 Å². The van der Waals surface area contributed by atoms with E-state index in [1.165, 1.54) is 6.21 Å². The summed E-state index contributed by atoms with van der Waals surface area (Å²) in [7, 11) is 0. The number of dihydropyridines is 1. The van der Waals surface area contributed by atoms with Crippen LogP contribution in [0.15, 0.2) is 45.9 Å². The molecule has 0 aliphatic carbocycles. The maximum Gasteiger partial charge on any atom is 0.260 e. The Labute approximate surface area is 142 Å². The number of aromatic nitrogens is 2. The number of amides is 2. The van der Waals surface area contributed by atoms with Crippen LogP contribution in [-0.2, 0) is 22.6 Å². The highest BCUT2D eigenvalue weighted by Crippen LogP contribution is 2.18. The molecule has 2 heterocycles. The van der Waals surface area contributed by atoms with Crippen molar-refractivity contribution in [1.29, 1.82) is 0 Å². The fourth-order valence-corrected chi connectivity index (χ4v) is 2.36. The van der Waals surface area contributed by atoms with Gasteiger partial charge in [-0.1, -0.05) is 41.0 Å². The van der Waals surface area contributed by atoms with E-state index in [0.29, 0.717) is 5.02 Å². The number of nitrogens with zero attached hydrogens (tertiary/aromatic N) is 3. The molecule has 122 valence electrons. The Morgan fingerprint density at radius 3 is 2.96 bits per heavy atom. The molecule has 1 aromatic heterocycles. The summed E-state index contributed by atoms with van der Waals surface area (Å²) in [6, 6.07) is 7.13. The Morgan fingerprint density at radius 1 is 1.33 bits per heavy atom. The van der Waals surface area contributed by atoms with Crippen LogP contribution in [0.1, 0.15) is 23.2 Å². The van der Waals surface area contributed by atoms with Gasteiger partial charge in [-0.25, -0.2) is 4.99 Å². The molecule has 1 aliphatic heterocycles. The Hall–Kier alpha value is -2.80. The second-order valence-electron chi connectivity index (χ2n) is 5.07. The summed E-state index contributed by atoms with van der Waals surface area (Å²) in [6.07, 6.45) is 4.85. The van der Waals surface area contributed by atoms with Gasteiger partial charge in [0.25, 0.3) is 5.91 Å². The summed E-state index contributed by atoms with van der Waals surface area (Å²) in [5.41, 5.74) is 0.735. The first kappa shape index (κ1) is 16.1. The van der Waals surface area contributed by atoms with Crippen LogP contribution in [0.3, 0.4) is 0 Å². The Balaban J connectivity index is 1.57. The predicted molar refractivity (Wildman–Crippen MR) is 86.7 cm³/mol. The smallest absolute Gasteiger partial charge is 0.260 e. The minimum atomic E-state index is -0.647. The maximum absolute atomic E-state index is 12.0. The second-order valence-corrected chi connectivity index (χ2v) is 5.48. The van der Waals surface area contributed by atoms with Crippen LogP contribution < -0.4 is 5.32 Å². The number of nitrogens with one attached hydrogen (secondary N) is 1. The topological polar surface area (TPSA) is 97.5 Å². The lowest BCUT2D eigenvalue weighted by atomic mass is 10.1. The average molecular weight is 345 g/mol. The van der Waals surface area contributed by atoms with E-state index in [9.17, 15) is 9.59 Å². The third kappa shape index (κ3) is 3.75. The Kier molecular flexibility index (Phi) is 4.81. The molecule has 1 aromatic carbocycles. The maximum atomic E-state index is 12.0. The van der Waals surface area contributed by atoms with Gasteiger partial charge < -0.3 is 9.84 Å². The number of carbonyl (C=O) groups is 2. The predicted octanol–water partition coefficient (Wildman–Crippen LogP) is 1.83. The first-order valence-corrected chi connectivity index (χ1v) is 7.58. The highest BCUT2D eigenvalue weighted by Gasteiger charge is 2.24. The van der Waals surface area contributed by atoms with Crippen molar-refractivity contribution in [2.24, 2.45) is 4.99 Å². The van der Waals surface area contributed by atoms with Crippen LogP contribution >= 0.6 is 11.6 Å². The number of aliphatic imine (C=N–C) groups is 1. The highest BCUT2D eigenvalue weighted by atomic mass is 35.5. The molecule has 1 atom stereocenters. The van der Waals surface area contributed by atoms with Crippen LogP contribution in [0.25, 0.3) is 0 Å². The SMILES string of the molecule is O=C(Cc1ccccc1Cl)NCc1nc(C2C=CC=NC2=O)no1. The third-order valence-corrected chi connectivity index (χ3v) is 3.73. The van der Waals surface area contributed by atoms with Crippen molar-refractivity contribution in [3.63, 3.8) is 0 Å². The molecule has 2 aromatic rings. The van der Waals surface area contributed by atoms with Crippen LogP contribution in [0, 0.1) is 0 Å². The molecule has 0 radical (unpaired) electrons. The van der Waals surface area contributed by atoms with E-state index in [2.05, 4.69) is 20.4 Å². The zero-order valence-corrected chi connectivity index (χ0v) is 13.2. The molecule has 1 aliphatic rings. The van der Waals surface area contributed by atoms with Gasteiger partial charge in [-0.15, -0.1) is 0 Å². The number of allylic oxidation sites excluding steroid dienone is 1. The van der Waals surface area contributed by atoms with Crippen molar-refractivity contribution in [3.8, 4) is 0 Å². The van der Waals surface area contributed by atoms with Crippen LogP contribution in [-0.4, -0.2) is 28.2 Å². The van der Waals surface area contributed by atoms with Gasteiger partial charge in [0.1, 0.15) is 5.92 Å². The van der Waals surface area contributed by atoms with Crippen molar-refractivity contribution in [2.75, 3.05) is 0 Å². The molecule has 3 rings (SSSR count). The molecule has 24 heavy (non-hydrogen) atoms. The number of halogens is 1. The van der Waals surface area contributed by atoms with Gasteiger partial charge in [0.15, 0.2) is 5.82 Å². The van der Waals surface area contributed by atoms with E-state index >= 15 is 0 Å². The summed E-state index contributed by atoms with van der Waals surface area (Å²) in [6.45, 7) is 0.0736. The molecule has 8 heteroatoms. The van der Waals surface area contributed by atoms with E-state index in [1.54, 1.807) is 30.4 Å². The van der Waals surface area contributed by atoms with Crippen molar-refractivity contribution >= 4 is 29.6 Å². The molecule has 0 saturated carbocycles. The van der Waals surface area contributed by atoms with Gasteiger partial charge >= 0.3 is 0 Å². The van der Waals surface area contributed by atoms with E-state index in [4.69, 9.17) is 16.1 Å². The molecule has 0 bridgehead atoms. The van der Waals surface area contributed by atoms with E-state index in [-0.39, 0.29) is 36.5 Å². The summed E-state index contributed by atoms with van der Waals surface area (Å²) in [5, 5.41) is 6.98. The first-order chi connectivity index (χ1) is 11.6. The van der Waals surface area contributed by atoms with Crippen molar-refractivity contribution in [3.05, 3.63) is 58.7 Å². The Morgan fingerprint density at radius 2 is 2.17 bits per heavy atom. The van der Waals surface area contributed by atoms with Crippen LogP contribution in [0.2, 0.25) is 5.02 Å². The molecular weight excluding hydrogens is 332 g/mol. The summed E-state index contributed by atoms with van der Waals surface area (Å²) in [5.74, 6) is -0.781. The number of rotatable bonds is 5. The lowest BCUT2D eigenvalue weighted by molar-refractivity contribution is -0.121. The van der Waals surface area contributed by atoms with Gasteiger partial charge in [-0.05, 0) is 17.7 Å². The van der Waals surface area contributed by atoms with Crippen molar-refractivity contribution in [1.82, 2.24) is 15.5 Å². The minimum absolute atomic E-state index is 0.0736. The van der Waals surface area contributed by atoms with Gasteiger partial charge in [0.05, 0.1) is 13.0 Å². The molecule has 2 amide bonds. The lowest BCUT2D eigenvalue weighted by Gasteiger charge is -2.05. The van der Waals surface area contributed by atoms with E-state index < -0.39 is 5.92 Å². The standard InChI is InChI=1S/C16H13ClN4O3/c17-12-6-2-1-4-10(12)8-13(22)19-9-14-20-15(21-24-14)11-5-3-7-18-16(11)23/h1-7,11H,8-9H2,(H,19,22). The first-order valence-electron chi connectivity index (χ1n) is 7.21. The normalized spacial score (nSPS) is 16.4. The number of hydrogen-bond donors (Lipinski definition) is 1. The zero-order valence-electron chi connectivity index (χ0n) is 12.5. The number of hydrogen-bond acceptors (Lipinski definition) is 5. The van der Waals surface area contributed by atoms with Gasteiger partial charge in [-0.3, -0.25) is 9.59 Å². The number of benzene rings is 1. The molecule has 1 N–H and O–H groups in total. The lowest BCUT2D eigenvalue weighted by Crippen LogP contribution is -2.24. The van der Waals surface area contributed by atoms with E-state index in [1.807, 2.05) is 6.07 Å². The van der Waals surface area contributed by atoms with Crippen molar-refractivity contribution in [2.45, 2.75) is 18.9 Å². The van der Waals surface area contributed by atoms with Gasteiger partial charge in [-0.2, -0.15) is 4.98 Å². The second kappa shape index (κ2) is 7.18. The Bertz CT molecular complexity index is 828. The molecule has 0 saturated heterocycles. The van der Waals surface area contributed by atoms with Gasteiger partial charge in [0.2, 0.25) is 11.8 Å². The van der Waals surface area contributed by atoms with Gasteiger partial charge in [0, 0.05) is 11.2 Å². The summed E-state index contributed by atoms with van der Waals surface area (Å²) < 4.78 is 5.05. The third-order valence-electron chi connectivity index (χ3n) is 3.37. The highest BCUT2D eigenvalue weighted by molar-refractivity contribution is 6.31. The monoisotopic (exact) mass is 344 g/mol. The fraction of sp³-hybridized carbons (Fsp3) is 0.188. The molecule has 1 unspecified atom stereocenters. The van der Waals surface area contributed by atoms with E-state index in [0.717, 1.165) is 5.56 Å². The zero-order chi connectivity index (χ0) is 16.9. The molecular formula is C16H13ClN4O3. The number of carbonyl (C=O) groups excluding carboxylic acids is 2. The average Bonchev–Trinajstić information content (AvgIpc) is 3.04. The molecule has 0 fully saturated rings. The molecule has 0 spiro atoms. The minimum Gasteiger partial charge on any atom is -0.347 e.